The summed E-state index contributed by atoms with van der Waals surface area (Å²) in [4.78, 5) is 13.5. The van der Waals surface area contributed by atoms with Crippen LogP contribution in [0.3, 0.4) is 0 Å². The number of benzene rings is 1. The van der Waals surface area contributed by atoms with Crippen LogP contribution in [-0.4, -0.2) is 26.5 Å². The van der Waals surface area contributed by atoms with E-state index in [0.29, 0.717) is 5.92 Å². The Labute approximate surface area is 109 Å². The van der Waals surface area contributed by atoms with Gasteiger partial charge in [-0.25, -0.2) is 0 Å². The molecule has 0 aromatic heterocycles. The van der Waals surface area contributed by atoms with Crippen molar-refractivity contribution in [1.82, 2.24) is 5.32 Å². The lowest BCUT2D eigenvalue weighted by Gasteiger charge is -2.12. The van der Waals surface area contributed by atoms with Gasteiger partial charge in [-0.05, 0) is 43.4 Å². The van der Waals surface area contributed by atoms with Gasteiger partial charge < -0.3 is 10.2 Å². The van der Waals surface area contributed by atoms with Crippen molar-refractivity contribution in [3.8, 4) is 0 Å². The lowest BCUT2D eigenvalue weighted by Crippen LogP contribution is -2.26. The van der Waals surface area contributed by atoms with E-state index in [1.807, 2.05) is 14.1 Å². The van der Waals surface area contributed by atoms with E-state index in [0.717, 1.165) is 32.2 Å². The quantitative estimate of drug-likeness (QED) is 0.781. The van der Waals surface area contributed by atoms with Crippen LogP contribution in [0.15, 0.2) is 24.3 Å². The number of hydrogen-bond donors (Lipinski definition) is 1. The molecule has 1 N–H and O–H groups in total. The highest BCUT2D eigenvalue weighted by Gasteiger charge is 2.28. The number of aryl methyl sites for hydroxylation is 1. The lowest BCUT2D eigenvalue weighted by molar-refractivity contribution is -0.122. The Balaban J connectivity index is 1.68. The van der Waals surface area contributed by atoms with Crippen molar-refractivity contribution < 1.29 is 4.79 Å². The fourth-order valence-electron chi connectivity index (χ4n) is 1.95. The molecule has 18 heavy (non-hydrogen) atoms. The average molecular weight is 246 g/mol. The molecule has 0 radical (unpaired) electrons. The molecule has 1 fully saturated rings. The summed E-state index contributed by atoms with van der Waals surface area (Å²) in [5.74, 6) is 0.572. The summed E-state index contributed by atoms with van der Waals surface area (Å²) in [5, 5.41) is 3.00. The normalized spacial score (nSPS) is 14.3. The minimum Gasteiger partial charge on any atom is -0.378 e. The van der Waals surface area contributed by atoms with Gasteiger partial charge in [0.15, 0.2) is 0 Å². The fourth-order valence-corrected chi connectivity index (χ4v) is 1.95. The fraction of sp³-hybridized carbons (Fsp3) is 0.533. The van der Waals surface area contributed by atoms with Gasteiger partial charge in [0.1, 0.15) is 0 Å². The zero-order valence-corrected chi connectivity index (χ0v) is 11.3. The van der Waals surface area contributed by atoms with Gasteiger partial charge in [0, 0.05) is 32.2 Å². The van der Waals surface area contributed by atoms with Crippen molar-refractivity contribution in [2.45, 2.75) is 25.7 Å². The third-order valence-corrected chi connectivity index (χ3v) is 3.34. The lowest BCUT2D eigenvalue weighted by atomic mass is 10.1. The first-order valence-electron chi connectivity index (χ1n) is 6.71. The molecule has 1 amide bonds. The molecule has 0 spiro atoms. The summed E-state index contributed by atoms with van der Waals surface area (Å²) in [7, 11) is 4.09. The summed E-state index contributed by atoms with van der Waals surface area (Å²) in [5.41, 5.74) is 2.56. The molecular formula is C15H22N2O. The third kappa shape index (κ3) is 3.76. The maximum atomic E-state index is 11.4. The van der Waals surface area contributed by atoms with Gasteiger partial charge in [0.2, 0.25) is 5.91 Å². The summed E-state index contributed by atoms with van der Waals surface area (Å²) >= 11 is 0. The van der Waals surface area contributed by atoms with E-state index in [-0.39, 0.29) is 5.91 Å². The standard InChI is InChI=1S/C15H22N2O/c1-17(2)14-9-5-12(6-10-14)4-3-11-16-15(18)13-7-8-13/h5-6,9-10,13H,3-4,7-8,11H2,1-2H3,(H,16,18). The second kappa shape index (κ2) is 5.89. The van der Waals surface area contributed by atoms with Gasteiger partial charge in [-0.3, -0.25) is 4.79 Å². The third-order valence-electron chi connectivity index (χ3n) is 3.34. The Morgan fingerprint density at radius 1 is 1.28 bits per heavy atom. The zero-order valence-electron chi connectivity index (χ0n) is 11.3. The first-order valence-corrected chi connectivity index (χ1v) is 6.71. The maximum absolute atomic E-state index is 11.4. The summed E-state index contributed by atoms with van der Waals surface area (Å²) in [6.07, 6.45) is 4.20. The number of carbonyl (C=O) groups excluding carboxylic acids is 1. The van der Waals surface area contributed by atoms with Crippen LogP contribution in [0.1, 0.15) is 24.8 Å². The summed E-state index contributed by atoms with van der Waals surface area (Å²) in [6, 6.07) is 8.60. The molecular weight excluding hydrogens is 224 g/mol. The van der Waals surface area contributed by atoms with Crippen LogP contribution in [0.5, 0.6) is 0 Å². The first-order chi connectivity index (χ1) is 8.66. The molecule has 0 bridgehead atoms. The van der Waals surface area contributed by atoms with Crippen LogP contribution in [0, 0.1) is 5.92 Å². The Kier molecular flexibility index (Phi) is 4.24. The predicted molar refractivity (Wildman–Crippen MR) is 74.8 cm³/mol. The van der Waals surface area contributed by atoms with Crippen LogP contribution >= 0.6 is 0 Å². The summed E-state index contributed by atoms with van der Waals surface area (Å²) < 4.78 is 0. The Morgan fingerprint density at radius 3 is 2.50 bits per heavy atom. The smallest absolute Gasteiger partial charge is 0.223 e. The number of amides is 1. The summed E-state index contributed by atoms with van der Waals surface area (Å²) in [6.45, 7) is 0.796. The number of anilines is 1. The molecule has 1 aromatic rings. The number of nitrogens with one attached hydrogen (secondary N) is 1. The SMILES string of the molecule is CN(C)c1ccc(CCCNC(=O)C2CC2)cc1. The largest absolute Gasteiger partial charge is 0.378 e. The van der Waals surface area contributed by atoms with E-state index >= 15 is 0 Å². The van der Waals surface area contributed by atoms with Crippen LogP contribution in [-0.2, 0) is 11.2 Å². The number of nitrogens with zero attached hydrogens (tertiary/aromatic N) is 1. The molecule has 1 aromatic carbocycles. The molecule has 0 saturated heterocycles. The van der Waals surface area contributed by atoms with Crippen molar-refractivity contribution in [3.63, 3.8) is 0 Å². The van der Waals surface area contributed by atoms with Gasteiger partial charge in [0.05, 0.1) is 0 Å². The van der Waals surface area contributed by atoms with Crippen LogP contribution in [0.2, 0.25) is 0 Å². The van der Waals surface area contributed by atoms with Crippen LogP contribution in [0.25, 0.3) is 0 Å². The van der Waals surface area contributed by atoms with Gasteiger partial charge >= 0.3 is 0 Å². The van der Waals surface area contributed by atoms with E-state index in [2.05, 4.69) is 34.5 Å². The predicted octanol–water partition coefficient (Wildman–Crippen LogP) is 2.21. The molecule has 3 heteroatoms. The monoisotopic (exact) mass is 246 g/mol. The molecule has 0 unspecified atom stereocenters. The molecule has 1 aliphatic rings. The molecule has 1 saturated carbocycles. The van der Waals surface area contributed by atoms with Crippen molar-refractivity contribution >= 4 is 11.6 Å². The number of rotatable bonds is 6. The second-order valence-electron chi connectivity index (χ2n) is 5.23. The number of hydrogen-bond acceptors (Lipinski definition) is 2. The Hall–Kier alpha value is -1.51. The van der Waals surface area contributed by atoms with E-state index in [4.69, 9.17) is 0 Å². The van der Waals surface area contributed by atoms with Gasteiger partial charge in [-0.1, -0.05) is 12.1 Å². The van der Waals surface area contributed by atoms with Gasteiger partial charge in [-0.15, -0.1) is 0 Å². The molecule has 0 heterocycles. The van der Waals surface area contributed by atoms with E-state index < -0.39 is 0 Å². The maximum Gasteiger partial charge on any atom is 0.223 e. The highest BCUT2D eigenvalue weighted by molar-refractivity contribution is 5.80. The van der Waals surface area contributed by atoms with Crippen molar-refractivity contribution in [2.75, 3.05) is 25.5 Å². The van der Waals surface area contributed by atoms with E-state index in [1.54, 1.807) is 0 Å². The highest BCUT2D eigenvalue weighted by Crippen LogP contribution is 2.28. The molecule has 98 valence electrons. The Morgan fingerprint density at radius 2 is 1.94 bits per heavy atom. The topological polar surface area (TPSA) is 32.3 Å². The minimum atomic E-state index is 0.248. The van der Waals surface area contributed by atoms with Gasteiger partial charge in [0.25, 0.3) is 0 Å². The van der Waals surface area contributed by atoms with Crippen LogP contribution in [0.4, 0.5) is 5.69 Å². The van der Waals surface area contributed by atoms with Crippen LogP contribution < -0.4 is 10.2 Å². The minimum absolute atomic E-state index is 0.248. The molecule has 3 nitrogen and oxygen atoms in total. The van der Waals surface area contributed by atoms with Crippen molar-refractivity contribution in [3.05, 3.63) is 29.8 Å². The van der Waals surface area contributed by atoms with Gasteiger partial charge in [-0.2, -0.15) is 0 Å². The molecule has 2 rings (SSSR count). The molecule has 0 atom stereocenters. The van der Waals surface area contributed by atoms with E-state index in [1.165, 1.54) is 11.3 Å². The van der Waals surface area contributed by atoms with E-state index in [9.17, 15) is 4.79 Å². The van der Waals surface area contributed by atoms with Crippen molar-refractivity contribution in [2.24, 2.45) is 5.92 Å². The molecule has 0 aliphatic heterocycles. The zero-order chi connectivity index (χ0) is 13.0. The number of carbonyl (C=O) groups is 1. The highest BCUT2D eigenvalue weighted by atomic mass is 16.2. The Bertz CT molecular complexity index is 393. The first kappa shape index (κ1) is 12.9. The second-order valence-corrected chi connectivity index (χ2v) is 5.23. The average Bonchev–Trinajstić information content (AvgIpc) is 3.19. The molecule has 1 aliphatic carbocycles. The van der Waals surface area contributed by atoms with Crippen molar-refractivity contribution in [1.29, 1.82) is 0 Å².